The summed E-state index contributed by atoms with van der Waals surface area (Å²) in [5.41, 5.74) is 4.25. The molecule has 1 aliphatic heterocycles. The first-order valence-electron chi connectivity index (χ1n) is 5.82. The lowest BCUT2D eigenvalue weighted by atomic mass is 10.1. The number of hydrogen-bond donors (Lipinski definition) is 0. The summed E-state index contributed by atoms with van der Waals surface area (Å²) in [6, 6.07) is 11.8. The molecule has 0 aliphatic carbocycles. The third kappa shape index (κ3) is 1.53. The molecule has 1 aliphatic rings. The van der Waals surface area contributed by atoms with E-state index in [4.69, 9.17) is 11.6 Å². The minimum atomic E-state index is 0.0552. The summed E-state index contributed by atoms with van der Waals surface area (Å²) < 4.78 is 0. The van der Waals surface area contributed by atoms with Gasteiger partial charge in [0.05, 0.1) is 5.69 Å². The quantitative estimate of drug-likeness (QED) is 0.798. The summed E-state index contributed by atoms with van der Waals surface area (Å²) in [4.78, 5) is 14.2. The summed E-state index contributed by atoms with van der Waals surface area (Å²) in [6.07, 6.45) is 0. The first-order chi connectivity index (χ1) is 8.72. The summed E-state index contributed by atoms with van der Waals surface area (Å²) in [5.74, 6) is 0.0552. The molecule has 2 aromatic rings. The van der Waals surface area contributed by atoms with Gasteiger partial charge in [0.2, 0.25) is 0 Å². The van der Waals surface area contributed by atoms with Gasteiger partial charge >= 0.3 is 0 Å². The fourth-order valence-corrected chi connectivity index (χ4v) is 2.49. The Morgan fingerprint density at radius 2 is 2.00 bits per heavy atom. The number of rotatable bonds is 2. The van der Waals surface area contributed by atoms with E-state index in [1.54, 1.807) is 4.90 Å². The molecule has 0 saturated carbocycles. The third-order valence-corrected chi connectivity index (χ3v) is 3.62. The normalized spacial score (nSPS) is 14.7. The lowest BCUT2D eigenvalue weighted by Crippen LogP contribution is -2.28. The van der Waals surface area contributed by atoms with Crippen molar-refractivity contribution in [2.45, 2.75) is 6.92 Å². The largest absolute Gasteiger partial charge is 0.304 e. The second kappa shape index (κ2) is 4.14. The molecule has 0 atom stereocenters. The molecule has 0 bridgehead atoms. The van der Waals surface area contributed by atoms with Crippen LogP contribution in [0.4, 0.5) is 5.69 Å². The molecular weight excluding hydrogens is 246 g/mol. The van der Waals surface area contributed by atoms with Gasteiger partial charge in [0, 0.05) is 23.0 Å². The van der Waals surface area contributed by atoms with Gasteiger partial charge in [0.25, 0.3) is 5.91 Å². The monoisotopic (exact) mass is 257 g/mol. The van der Waals surface area contributed by atoms with E-state index in [-0.39, 0.29) is 5.91 Å². The van der Waals surface area contributed by atoms with Crippen molar-refractivity contribution in [3.8, 4) is 0 Å². The van der Waals surface area contributed by atoms with Crippen LogP contribution in [0.5, 0.6) is 0 Å². The fourth-order valence-electron chi connectivity index (χ4n) is 2.42. The van der Waals surface area contributed by atoms with Crippen molar-refractivity contribution in [1.29, 1.82) is 0 Å². The number of hydrogen-bond acceptors (Lipinski definition) is 1. The van der Waals surface area contributed by atoms with E-state index in [1.807, 2.05) is 43.3 Å². The highest BCUT2D eigenvalue weighted by atomic mass is 35.5. The van der Waals surface area contributed by atoms with Crippen LogP contribution in [0.1, 0.15) is 17.3 Å². The molecule has 0 N–H and O–H groups in total. The molecule has 1 heterocycles. The molecule has 2 nitrogen and oxygen atoms in total. The molecule has 0 fully saturated rings. The molecule has 1 amide bonds. The molecule has 0 unspecified atom stereocenters. The maximum Gasteiger partial charge on any atom is 0.259 e. The Hall–Kier alpha value is -1.80. The fraction of sp³-hybridized carbons (Fsp3) is 0.133. The van der Waals surface area contributed by atoms with Crippen LogP contribution in [-0.4, -0.2) is 12.5 Å². The van der Waals surface area contributed by atoms with Crippen molar-refractivity contribution in [2.24, 2.45) is 0 Å². The Kier molecular flexibility index (Phi) is 2.60. The van der Waals surface area contributed by atoms with Gasteiger partial charge in [0.15, 0.2) is 0 Å². The zero-order chi connectivity index (χ0) is 12.7. The van der Waals surface area contributed by atoms with Crippen molar-refractivity contribution in [3.63, 3.8) is 0 Å². The van der Waals surface area contributed by atoms with Gasteiger partial charge in [0.1, 0.15) is 0 Å². The van der Waals surface area contributed by atoms with Crippen molar-refractivity contribution < 1.29 is 4.79 Å². The van der Waals surface area contributed by atoms with Crippen LogP contribution < -0.4 is 4.90 Å². The molecular formula is C15H12ClNO. The number of benzene rings is 2. The number of amides is 1. The van der Waals surface area contributed by atoms with Crippen LogP contribution >= 0.6 is 11.6 Å². The number of nitrogens with zero attached hydrogens (tertiary/aromatic N) is 1. The molecule has 0 aromatic heterocycles. The third-order valence-electron chi connectivity index (χ3n) is 3.24. The average Bonchev–Trinajstić information content (AvgIpc) is 2.67. The van der Waals surface area contributed by atoms with E-state index in [9.17, 15) is 4.79 Å². The van der Waals surface area contributed by atoms with Crippen LogP contribution in [-0.2, 0) is 0 Å². The minimum absolute atomic E-state index is 0.0552. The van der Waals surface area contributed by atoms with Crippen LogP contribution in [0.15, 0.2) is 47.5 Å². The van der Waals surface area contributed by atoms with Crippen molar-refractivity contribution in [2.75, 3.05) is 11.4 Å². The zero-order valence-corrected chi connectivity index (χ0v) is 10.7. The predicted octanol–water partition coefficient (Wildman–Crippen LogP) is 3.94. The lowest BCUT2D eigenvalue weighted by Gasteiger charge is -2.17. The highest BCUT2D eigenvalue weighted by Crippen LogP contribution is 2.37. The van der Waals surface area contributed by atoms with Gasteiger partial charge in [-0.3, -0.25) is 4.79 Å². The van der Waals surface area contributed by atoms with E-state index in [0.29, 0.717) is 6.54 Å². The van der Waals surface area contributed by atoms with Gasteiger partial charge in [-0.15, -0.1) is 0 Å². The van der Waals surface area contributed by atoms with Crippen molar-refractivity contribution in [1.82, 2.24) is 0 Å². The average molecular weight is 258 g/mol. The first kappa shape index (κ1) is 11.3. The molecule has 3 rings (SSSR count). The number of halogens is 1. The van der Waals surface area contributed by atoms with E-state index in [0.717, 1.165) is 27.6 Å². The number of carbonyl (C=O) groups is 1. The Morgan fingerprint density at radius 1 is 1.28 bits per heavy atom. The Morgan fingerprint density at radius 3 is 2.72 bits per heavy atom. The van der Waals surface area contributed by atoms with Gasteiger partial charge in [-0.1, -0.05) is 35.9 Å². The van der Waals surface area contributed by atoms with Gasteiger partial charge in [-0.05, 0) is 30.0 Å². The molecule has 0 saturated heterocycles. The van der Waals surface area contributed by atoms with Crippen LogP contribution in [0.25, 0.3) is 10.8 Å². The van der Waals surface area contributed by atoms with Crippen LogP contribution in [0.2, 0.25) is 0 Å². The SMILES string of the molecule is C/C(=C/Cl)CN1C(=O)c2cccc3cccc1c23. The molecule has 0 spiro atoms. The van der Waals surface area contributed by atoms with Gasteiger partial charge < -0.3 is 4.90 Å². The van der Waals surface area contributed by atoms with Crippen molar-refractivity contribution in [3.05, 3.63) is 53.1 Å². The molecule has 2 aromatic carbocycles. The number of anilines is 1. The highest BCUT2D eigenvalue weighted by Gasteiger charge is 2.29. The number of carbonyl (C=O) groups excluding carboxylic acids is 1. The Balaban J connectivity index is 2.19. The van der Waals surface area contributed by atoms with E-state index >= 15 is 0 Å². The topological polar surface area (TPSA) is 20.3 Å². The van der Waals surface area contributed by atoms with E-state index in [1.165, 1.54) is 5.54 Å². The van der Waals surface area contributed by atoms with Crippen LogP contribution in [0.3, 0.4) is 0 Å². The van der Waals surface area contributed by atoms with E-state index in [2.05, 4.69) is 0 Å². The summed E-state index contributed by atoms with van der Waals surface area (Å²) >= 11 is 5.69. The minimum Gasteiger partial charge on any atom is -0.304 e. The lowest BCUT2D eigenvalue weighted by molar-refractivity contribution is 0.0995. The molecule has 3 heteroatoms. The summed E-state index contributed by atoms with van der Waals surface area (Å²) in [7, 11) is 0. The summed E-state index contributed by atoms with van der Waals surface area (Å²) in [6.45, 7) is 2.46. The maximum absolute atomic E-state index is 12.4. The summed E-state index contributed by atoms with van der Waals surface area (Å²) in [5, 5.41) is 2.15. The Labute approximate surface area is 110 Å². The second-order valence-corrected chi connectivity index (χ2v) is 4.75. The molecule has 0 radical (unpaired) electrons. The standard InChI is InChI=1S/C15H12ClNO/c1-10(8-16)9-17-13-7-3-5-11-4-2-6-12(14(11)13)15(17)18/h2-8H,9H2,1H3/b10-8-. The zero-order valence-electron chi connectivity index (χ0n) is 9.98. The van der Waals surface area contributed by atoms with Gasteiger partial charge in [-0.25, -0.2) is 0 Å². The Bertz CT molecular complexity index is 670. The smallest absolute Gasteiger partial charge is 0.259 e. The maximum atomic E-state index is 12.4. The second-order valence-electron chi connectivity index (χ2n) is 4.53. The first-order valence-corrected chi connectivity index (χ1v) is 6.25. The highest BCUT2D eigenvalue weighted by molar-refractivity contribution is 6.26. The molecule has 90 valence electrons. The van der Waals surface area contributed by atoms with E-state index < -0.39 is 0 Å². The van der Waals surface area contributed by atoms with Crippen molar-refractivity contribution >= 4 is 34.0 Å². The predicted molar refractivity (Wildman–Crippen MR) is 75.2 cm³/mol. The molecule has 18 heavy (non-hydrogen) atoms. The van der Waals surface area contributed by atoms with Gasteiger partial charge in [-0.2, -0.15) is 0 Å². The van der Waals surface area contributed by atoms with Crippen LogP contribution in [0, 0.1) is 0 Å².